The third-order valence-corrected chi connectivity index (χ3v) is 4.97. The smallest absolute Gasteiger partial charge is 0.134 e. The highest BCUT2D eigenvalue weighted by molar-refractivity contribution is 5.77. The Morgan fingerprint density at radius 3 is 3.00 bits per heavy atom. The number of nitrogens with zero attached hydrogens (tertiary/aromatic N) is 3. The van der Waals surface area contributed by atoms with Gasteiger partial charge in [-0.15, -0.1) is 0 Å². The van der Waals surface area contributed by atoms with Crippen LogP contribution in [0, 0.1) is 5.92 Å². The second-order valence-electron chi connectivity index (χ2n) is 7.20. The van der Waals surface area contributed by atoms with Gasteiger partial charge in [0.15, 0.2) is 0 Å². The molecule has 0 saturated carbocycles. The van der Waals surface area contributed by atoms with E-state index < -0.39 is 0 Å². The van der Waals surface area contributed by atoms with Crippen molar-refractivity contribution in [1.82, 2.24) is 14.8 Å². The number of benzene rings is 1. The van der Waals surface area contributed by atoms with Crippen LogP contribution in [0.15, 0.2) is 59.3 Å². The summed E-state index contributed by atoms with van der Waals surface area (Å²) in [6.07, 6.45) is 5.05. The first-order valence-corrected chi connectivity index (χ1v) is 9.03. The van der Waals surface area contributed by atoms with E-state index in [-0.39, 0.29) is 0 Å². The zero-order chi connectivity index (χ0) is 17.1. The number of fused-ring (bicyclic) bond motifs is 1. The lowest BCUT2D eigenvalue weighted by Crippen LogP contribution is -2.28. The molecule has 25 heavy (non-hydrogen) atoms. The summed E-state index contributed by atoms with van der Waals surface area (Å²) in [6, 6.07) is 14.6. The van der Waals surface area contributed by atoms with Crippen LogP contribution in [0.1, 0.15) is 17.7 Å². The highest BCUT2D eigenvalue weighted by atomic mass is 16.3. The van der Waals surface area contributed by atoms with Crippen molar-refractivity contribution in [2.75, 3.05) is 26.7 Å². The number of likely N-dealkylation sites (tertiary alicyclic amines) is 1. The van der Waals surface area contributed by atoms with Crippen molar-refractivity contribution in [2.45, 2.75) is 19.5 Å². The van der Waals surface area contributed by atoms with Crippen LogP contribution in [-0.4, -0.2) is 41.5 Å². The first-order chi connectivity index (χ1) is 12.3. The largest absolute Gasteiger partial charge is 0.460 e. The molecular weight excluding hydrogens is 310 g/mol. The van der Waals surface area contributed by atoms with Crippen LogP contribution in [0.3, 0.4) is 0 Å². The fraction of sp³-hybridized carbons (Fsp3) is 0.381. The standard InChI is InChI=1S/C21H25N3O/c1-23(13-17-5-4-9-22-12-17)14-18-8-10-24(15-18)16-20-11-19-6-2-3-7-21(19)25-20/h2-7,9,11-12,18H,8,10,13-16H2,1H3/t18-/m0/s1. The number of para-hydroxylation sites is 1. The van der Waals surface area contributed by atoms with E-state index in [9.17, 15) is 0 Å². The summed E-state index contributed by atoms with van der Waals surface area (Å²) in [5.74, 6) is 1.80. The van der Waals surface area contributed by atoms with Crippen LogP contribution in [0.25, 0.3) is 11.0 Å². The average Bonchev–Trinajstić information content (AvgIpc) is 3.22. The molecule has 2 aromatic heterocycles. The van der Waals surface area contributed by atoms with Crippen molar-refractivity contribution >= 4 is 11.0 Å². The lowest BCUT2D eigenvalue weighted by Gasteiger charge is -2.21. The number of hydrogen-bond acceptors (Lipinski definition) is 4. The summed E-state index contributed by atoms with van der Waals surface area (Å²) >= 11 is 0. The van der Waals surface area contributed by atoms with Crippen molar-refractivity contribution in [3.05, 3.63) is 66.2 Å². The summed E-state index contributed by atoms with van der Waals surface area (Å²) in [6.45, 7) is 5.31. The molecule has 1 aromatic carbocycles. The van der Waals surface area contributed by atoms with Gasteiger partial charge in [0.05, 0.1) is 6.54 Å². The Labute approximate surface area is 149 Å². The van der Waals surface area contributed by atoms with Crippen LogP contribution in [0.5, 0.6) is 0 Å². The summed E-state index contributed by atoms with van der Waals surface area (Å²) in [5, 5.41) is 1.20. The summed E-state index contributed by atoms with van der Waals surface area (Å²) in [7, 11) is 2.20. The number of furan rings is 1. The van der Waals surface area contributed by atoms with E-state index in [2.05, 4.69) is 46.1 Å². The monoisotopic (exact) mass is 335 g/mol. The number of aromatic nitrogens is 1. The quantitative estimate of drug-likeness (QED) is 0.686. The average molecular weight is 335 g/mol. The van der Waals surface area contributed by atoms with Gasteiger partial charge in [0, 0.05) is 37.4 Å². The molecule has 0 amide bonds. The summed E-state index contributed by atoms with van der Waals surface area (Å²) in [4.78, 5) is 9.12. The second-order valence-corrected chi connectivity index (χ2v) is 7.20. The molecular formula is C21H25N3O. The maximum atomic E-state index is 5.97. The fourth-order valence-corrected chi connectivity index (χ4v) is 3.85. The molecule has 0 bridgehead atoms. The first-order valence-electron chi connectivity index (χ1n) is 9.03. The minimum Gasteiger partial charge on any atom is -0.460 e. The first kappa shape index (κ1) is 16.3. The molecule has 1 atom stereocenters. The van der Waals surface area contributed by atoms with Gasteiger partial charge in [0.25, 0.3) is 0 Å². The number of rotatable bonds is 6. The van der Waals surface area contributed by atoms with Crippen LogP contribution < -0.4 is 0 Å². The Bertz CT molecular complexity index is 781. The number of hydrogen-bond donors (Lipinski definition) is 0. The highest BCUT2D eigenvalue weighted by Gasteiger charge is 2.24. The Kier molecular flexibility index (Phi) is 4.81. The highest BCUT2D eigenvalue weighted by Crippen LogP contribution is 2.24. The summed E-state index contributed by atoms with van der Waals surface area (Å²) < 4.78 is 5.97. The van der Waals surface area contributed by atoms with Gasteiger partial charge in [-0.05, 0) is 49.7 Å². The maximum Gasteiger partial charge on any atom is 0.134 e. The molecule has 1 aliphatic rings. The minimum atomic E-state index is 0.728. The van der Waals surface area contributed by atoms with E-state index >= 15 is 0 Å². The van der Waals surface area contributed by atoms with Gasteiger partial charge in [-0.1, -0.05) is 24.3 Å². The van der Waals surface area contributed by atoms with E-state index in [0.717, 1.165) is 50.0 Å². The van der Waals surface area contributed by atoms with E-state index in [1.165, 1.54) is 17.4 Å². The van der Waals surface area contributed by atoms with E-state index in [0.29, 0.717) is 0 Å². The van der Waals surface area contributed by atoms with Crippen LogP contribution in [0.4, 0.5) is 0 Å². The molecule has 130 valence electrons. The van der Waals surface area contributed by atoms with Crippen molar-refractivity contribution in [1.29, 1.82) is 0 Å². The molecule has 0 aliphatic carbocycles. The fourth-order valence-electron chi connectivity index (χ4n) is 3.85. The maximum absolute atomic E-state index is 5.97. The molecule has 0 unspecified atom stereocenters. The van der Waals surface area contributed by atoms with Crippen molar-refractivity contribution in [3.63, 3.8) is 0 Å². The Morgan fingerprint density at radius 2 is 2.16 bits per heavy atom. The van der Waals surface area contributed by atoms with Gasteiger partial charge < -0.3 is 9.32 Å². The minimum absolute atomic E-state index is 0.728. The Balaban J connectivity index is 1.29. The molecule has 1 saturated heterocycles. The van der Waals surface area contributed by atoms with Gasteiger partial charge in [-0.25, -0.2) is 0 Å². The third-order valence-electron chi connectivity index (χ3n) is 4.97. The lowest BCUT2D eigenvalue weighted by molar-refractivity contribution is 0.248. The molecule has 1 aliphatic heterocycles. The van der Waals surface area contributed by atoms with Crippen LogP contribution in [-0.2, 0) is 13.1 Å². The molecule has 4 heteroatoms. The Morgan fingerprint density at radius 1 is 1.24 bits per heavy atom. The molecule has 0 spiro atoms. The zero-order valence-corrected chi connectivity index (χ0v) is 14.8. The van der Waals surface area contributed by atoms with Crippen LogP contribution >= 0.6 is 0 Å². The van der Waals surface area contributed by atoms with Gasteiger partial charge >= 0.3 is 0 Å². The van der Waals surface area contributed by atoms with E-state index in [1.54, 1.807) is 0 Å². The van der Waals surface area contributed by atoms with Gasteiger partial charge in [0.1, 0.15) is 11.3 Å². The normalized spacial score (nSPS) is 18.4. The molecule has 0 N–H and O–H groups in total. The van der Waals surface area contributed by atoms with Crippen molar-refractivity contribution in [3.8, 4) is 0 Å². The van der Waals surface area contributed by atoms with Gasteiger partial charge in [-0.3, -0.25) is 9.88 Å². The van der Waals surface area contributed by atoms with Crippen molar-refractivity contribution < 1.29 is 4.42 Å². The molecule has 0 radical (unpaired) electrons. The van der Waals surface area contributed by atoms with Gasteiger partial charge in [0.2, 0.25) is 0 Å². The van der Waals surface area contributed by atoms with Crippen molar-refractivity contribution in [2.24, 2.45) is 5.92 Å². The second kappa shape index (κ2) is 7.38. The van der Waals surface area contributed by atoms with E-state index in [1.807, 2.05) is 30.6 Å². The lowest BCUT2D eigenvalue weighted by atomic mass is 10.1. The SMILES string of the molecule is CN(Cc1cccnc1)C[C@@H]1CCN(Cc2cc3ccccc3o2)C1. The predicted octanol–water partition coefficient (Wildman–Crippen LogP) is 3.78. The Hall–Kier alpha value is -2.17. The molecule has 3 aromatic rings. The molecule has 1 fully saturated rings. The zero-order valence-electron chi connectivity index (χ0n) is 14.8. The van der Waals surface area contributed by atoms with Gasteiger partial charge in [-0.2, -0.15) is 0 Å². The molecule has 3 heterocycles. The predicted molar refractivity (Wildman–Crippen MR) is 100 cm³/mol. The topological polar surface area (TPSA) is 32.5 Å². The molecule has 4 rings (SSSR count). The summed E-state index contributed by atoms with van der Waals surface area (Å²) in [5.41, 5.74) is 2.27. The number of pyridine rings is 1. The van der Waals surface area contributed by atoms with Crippen LogP contribution in [0.2, 0.25) is 0 Å². The molecule has 4 nitrogen and oxygen atoms in total. The van der Waals surface area contributed by atoms with E-state index in [4.69, 9.17) is 4.42 Å². The third kappa shape index (κ3) is 4.09.